The Bertz CT molecular complexity index is 303. The summed E-state index contributed by atoms with van der Waals surface area (Å²) in [7, 11) is 1.68. The minimum atomic E-state index is -0.293. The standard InChI is InChI=1S/C11H16O2/c1-8-7-9(5-6-10(8)12)11(2,3)13-4/h5-7,12H,1-4H3. The highest BCUT2D eigenvalue weighted by Gasteiger charge is 2.19. The van der Waals surface area contributed by atoms with E-state index >= 15 is 0 Å². The zero-order valence-electron chi connectivity index (χ0n) is 8.59. The van der Waals surface area contributed by atoms with Gasteiger partial charge in [-0.2, -0.15) is 0 Å². The van der Waals surface area contributed by atoms with Gasteiger partial charge in [0, 0.05) is 7.11 Å². The molecule has 0 fully saturated rings. The van der Waals surface area contributed by atoms with Crippen molar-refractivity contribution in [1.82, 2.24) is 0 Å². The van der Waals surface area contributed by atoms with Crippen LogP contribution in [0.4, 0.5) is 0 Å². The molecular weight excluding hydrogens is 164 g/mol. The molecule has 1 rings (SSSR count). The van der Waals surface area contributed by atoms with Gasteiger partial charge in [0.15, 0.2) is 0 Å². The lowest BCUT2D eigenvalue weighted by Crippen LogP contribution is -2.19. The maximum absolute atomic E-state index is 9.34. The average molecular weight is 180 g/mol. The van der Waals surface area contributed by atoms with Crippen molar-refractivity contribution in [3.63, 3.8) is 0 Å². The summed E-state index contributed by atoms with van der Waals surface area (Å²) < 4.78 is 5.34. The van der Waals surface area contributed by atoms with Crippen LogP contribution in [0.1, 0.15) is 25.0 Å². The van der Waals surface area contributed by atoms with Gasteiger partial charge in [-0.1, -0.05) is 6.07 Å². The summed E-state index contributed by atoms with van der Waals surface area (Å²) in [5.41, 5.74) is 1.66. The van der Waals surface area contributed by atoms with Crippen LogP contribution in [0.3, 0.4) is 0 Å². The molecule has 2 nitrogen and oxygen atoms in total. The predicted octanol–water partition coefficient (Wildman–Crippen LogP) is 2.58. The van der Waals surface area contributed by atoms with E-state index in [0.29, 0.717) is 5.75 Å². The second-order valence-electron chi connectivity index (χ2n) is 3.72. The summed E-state index contributed by atoms with van der Waals surface area (Å²) in [6.45, 7) is 5.88. The van der Waals surface area contributed by atoms with E-state index < -0.39 is 0 Å². The minimum absolute atomic E-state index is 0.293. The zero-order valence-corrected chi connectivity index (χ0v) is 8.59. The highest BCUT2D eigenvalue weighted by Crippen LogP contribution is 2.27. The maximum Gasteiger partial charge on any atom is 0.118 e. The average Bonchev–Trinajstić information content (AvgIpc) is 2.09. The van der Waals surface area contributed by atoms with Crippen LogP contribution in [0.2, 0.25) is 0 Å². The molecule has 0 amide bonds. The largest absolute Gasteiger partial charge is 0.508 e. The molecule has 0 saturated heterocycles. The molecule has 0 unspecified atom stereocenters. The van der Waals surface area contributed by atoms with Crippen molar-refractivity contribution < 1.29 is 9.84 Å². The number of hydrogen-bond donors (Lipinski definition) is 1. The summed E-state index contributed by atoms with van der Waals surface area (Å²) in [5, 5.41) is 9.34. The van der Waals surface area contributed by atoms with E-state index in [1.54, 1.807) is 13.2 Å². The van der Waals surface area contributed by atoms with Crippen LogP contribution in [0.25, 0.3) is 0 Å². The Hall–Kier alpha value is -1.02. The van der Waals surface area contributed by atoms with E-state index in [1.807, 2.05) is 32.9 Å². The van der Waals surface area contributed by atoms with Crippen molar-refractivity contribution in [3.8, 4) is 5.75 Å². The van der Waals surface area contributed by atoms with Gasteiger partial charge >= 0.3 is 0 Å². The second kappa shape index (κ2) is 3.38. The summed E-state index contributed by atoms with van der Waals surface area (Å²) in [6, 6.07) is 5.52. The van der Waals surface area contributed by atoms with Gasteiger partial charge in [0.2, 0.25) is 0 Å². The lowest BCUT2D eigenvalue weighted by atomic mass is 9.96. The molecular formula is C11H16O2. The highest BCUT2D eigenvalue weighted by atomic mass is 16.5. The monoisotopic (exact) mass is 180 g/mol. The van der Waals surface area contributed by atoms with Crippen molar-refractivity contribution in [3.05, 3.63) is 29.3 Å². The molecule has 0 aliphatic heterocycles. The highest BCUT2D eigenvalue weighted by molar-refractivity contribution is 5.37. The van der Waals surface area contributed by atoms with Gasteiger partial charge in [0.25, 0.3) is 0 Å². The summed E-state index contributed by atoms with van der Waals surface area (Å²) >= 11 is 0. The van der Waals surface area contributed by atoms with Crippen molar-refractivity contribution in [2.24, 2.45) is 0 Å². The first-order chi connectivity index (χ1) is 5.97. The molecule has 13 heavy (non-hydrogen) atoms. The predicted molar refractivity (Wildman–Crippen MR) is 52.9 cm³/mol. The van der Waals surface area contributed by atoms with Gasteiger partial charge in [-0.3, -0.25) is 0 Å². The van der Waals surface area contributed by atoms with Gasteiger partial charge < -0.3 is 9.84 Å². The fourth-order valence-electron chi connectivity index (χ4n) is 1.15. The fraction of sp³-hybridized carbons (Fsp3) is 0.455. The SMILES string of the molecule is COC(C)(C)c1ccc(O)c(C)c1. The Labute approximate surface area is 79.2 Å². The van der Waals surface area contributed by atoms with E-state index in [0.717, 1.165) is 11.1 Å². The first-order valence-corrected chi connectivity index (χ1v) is 4.32. The maximum atomic E-state index is 9.34. The number of aryl methyl sites for hydroxylation is 1. The van der Waals surface area contributed by atoms with Gasteiger partial charge in [0.05, 0.1) is 5.60 Å². The molecule has 1 N–H and O–H groups in total. The van der Waals surface area contributed by atoms with E-state index in [1.165, 1.54) is 0 Å². The molecule has 1 aromatic carbocycles. The van der Waals surface area contributed by atoms with Crippen LogP contribution in [0, 0.1) is 6.92 Å². The van der Waals surface area contributed by atoms with E-state index in [9.17, 15) is 5.11 Å². The number of phenolic OH excluding ortho intramolecular Hbond substituents is 1. The molecule has 0 heterocycles. The third-order valence-corrected chi connectivity index (χ3v) is 2.40. The number of aromatic hydroxyl groups is 1. The van der Waals surface area contributed by atoms with Crippen LogP contribution < -0.4 is 0 Å². The molecule has 72 valence electrons. The Morgan fingerprint density at radius 2 is 1.92 bits per heavy atom. The van der Waals surface area contributed by atoms with Crippen LogP contribution >= 0.6 is 0 Å². The van der Waals surface area contributed by atoms with Crippen molar-refractivity contribution >= 4 is 0 Å². The Morgan fingerprint density at radius 3 is 2.38 bits per heavy atom. The van der Waals surface area contributed by atoms with E-state index in [4.69, 9.17) is 4.74 Å². The molecule has 1 aromatic rings. The lowest BCUT2D eigenvalue weighted by molar-refractivity contribution is 0.0191. The van der Waals surface area contributed by atoms with Crippen LogP contribution in [0.5, 0.6) is 5.75 Å². The molecule has 0 aromatic heterocycles. The first kappa shape index (κ1) is 10.1. The molecule has 2 heteroatoms. The van der Waals surface area contributed by atoms with E-state index in [-0.39, 0.29) is 5.60 Å². The topological polar surface area (TPSA) is 29.5 Å². The van der Waals surface area contributed by atoms with Crippen molar-refractivity contribution in [1.29, 1.82) is 0 Å². The third-order valence-electron chi connectivity index (χ3n) is 2.40. The van der Waals surface area contributed by atoms with Crippen molar-refractivity contribution in [2.45, 2.75) is 26.4 Å². The molecule has 0 bridgehead atoms. The van der Waals surface area contributed by atoms with Crippen molar-refractivity contribution in [2.75, 3.05) is 7.11 Å². The van der Waals surface area contributed by atoms with Gasteiger partial charge in [-0.25, -0.2) is 0 Å². The van der Waals surface area contributed by atoms with Gasteiger partial charge in [-0.05, 0) is 44.0 Å². The summed E-state index contributed by atoms with van der Waals surface area (Å²) in [6.07, 6.45) is 0. The number of ether oxygens (including phenoxy) is 1. The Kier molecular flexibility index (Phi) is 2.62. The number of benzene rings is 1. The third kappa shape index (κ3) is 2.01. The van der Waals surface area contributed by atoms with Crippen LogP contribution in [-0.2, 0) is 10.3 Å². The normalized spacial score (nSPS) is 11.7. The number of methoxy groups -OCH3 is 1. The molecule has 0 aliphatic rings. The molecule has 0 aliphatic carbocycles. The number of phenols is 1. The summed E-state index contributed by atoms with van der Waals surface area (Å²) in [5.74, 6) is 0.329. The Morgan fingerprint density at radius 1 is 1.31 bits per heavy atom. The molecule has 0 radical (unpaired) electrons. The van der Waals surface area contributed by atoms with Crippen LogP contribution in [-0.4, -0.2) is 12.2 Å². The van der Waals surface area contributed by atoms with Crippen LogP contribution in [0.15, 0.2) is 18.2 Å². The molecule has 0 saturated carbocycles. The number of rotatable bonds is 2. The minimum Gasteiger partial charge on any atom is -0.508 e. The quantitative estimate of drug-likeness (QED) is 0.758. The smallest absolute Gasteiger partial charge is 0.118 e. The Balaban J connectivity index is 3.10. The van der Waals surface area contributed by atoms with Gasteiger partial charge in [0.1, 0.15) is 5.75 Å². The zero-order chi connectivity index (χ0) is 10.1. The second-order valence-corrected chi connectivity index (χ2v) is 3.72. The first-order valence-electron chi connectivity index (χ1n) is 4.32. The van der Waals surface area contributed by atoms with E-state index in [2.05, 4.69) is 0 Å². The molecule has 0 atom stereocenters. The number of hydrogen-bond acceptors (Lipinski definition) is 2. The van der Waals surface area contributed by atoms with Gasteiger partial charge in [-0.15, -0.1) is 0 Å². The molecule has 0 spiro atoms. The summed E-state index contributed by atoms with van der Waals surface area (Å²) in [4.78, 5) is 0. The lowest BCUT2D eigenvalue weighted by Gasteiger charge is -2.23. The fourth-order valence-corrected chi connectivity index (χ4v) is 1.15.